The number of halogens is 1. The van der Waals surface area contributed by atoms with Crippen LogP contribution in [0.25, 0.3) is 0 Å². The van der Waals surface area contributed by atoms with E-state index in [4.69, 9.17) is 4.98 Å². The van der Waals surface area contributed by atoms with Crippen molar-refractivity contribution in [3.63, 3.8) is 0 Å². The van der Waals surface area contributed by atoms with Gasteiger partial charge < -0.3 is 4.57 Å². The zero-order valence-electron chi connectivity index (χ0n) is 17.1. The van der Waals surface area contributed by atoms with Gasteiger partial charge >= 0.3 is 0 Å². The molecule has 3 heterocycles. The van der Waals surface area contributed by atoms with Gasteiger partial charge in [0.1, 0.15) is 5.82 Å². The van der Waals surface area contributed by atoms with Crippen molar-refractivity contribution in [3.8, 4) is 0 Å². The van der Waals surface area contributed by atoms with Crippen molar-refractivity contribution in [2.45, 2.75) is 37.1 Å². The Labute approximate surface area is 176 Å². The number of aryl methyl sites for hydroxylation is 2. The third-order valence-electron chi connectivity index (χ3n) is 5.42. The van der Waals surface area contributed by atoms with Crippen molar-refractivity contribution in [3.05, 3.63) is 77.3 Å². The summed E-state index contributed by atoms with van der Waals surface area (Å²) in [6, 6.07) is 10.6. The first-order valence-corrected chi connectivity index (χ1v) is 11.5. The normalized spacial score (nSPS) is 17.9. The molecule has 0 bridgehead atoms. The number of hydrogen-bond donors (Lipinski definition) is 0. The van der Waals surface area contributed by atoms with E-state index in [1.807, 2.05) is 25.1 Å². The molecular formula is C22H25FN4O2S. The number of pyridine rings is 1. The molecule has 0 aliphatic carbocycles. The number of benzene rings is 1. The molecule has 0 N–H and O–H groups in total. The van der Waals surface area contributed by atoms with Gasteiger partial charge in [0.15, 0.2) is 5.03 Å². The second kappa shape index (κ2) is 8.28. The molecule has 0 saturated carbocycles. The van der Waals surface area contributed by atoms with Crippen LogP contribution in [-0.2, 0) is 23.5 Å². The van der Waals surface area contributed by atoms with Gasteiger partial charge in [-0.05, 0) is 61.6 Å². The minimum atomic E-state index is -3.62. The fraction of sp³-hybridized carbons (Fsp3) is 0.364. The van der Waals surface area contributed by atoms with Crippen molar-refractivity contribution < 1.29 is 12.8 Å². The number of hydrogen-bond acceptors (Lipinski definition) is 4. The molecule has 6 nitrogen and oxygen atoms in total. The van der Waals surface area contributed by atoms with Crippen LogP contribution in [0.15, 0.2) is 53.9 Å². The van der Waals surface area contributed by atoms with E-state index in [1.54, 1.807) is 17.7 Å². The molecule has 0 radical (unpaired) electrons. The lowest BCUT2D eigenvalue weighted by atomic mass is 9.93. The first kappa shape index (κ1) is 20.7. The molecule has 0 spiro atoms. The van der Waals surface area contributed by atoms with Crippen molar-refractivity contribution in [2.75, 3.05) is 13.1 Å². The Balaban J connectivity index is 1.57. The average molecular weight is 429 g/mol. The monoisotopic (exact) mass is 428 g/mol. The SMILES string of the molecule is Cc1cc(Cc2cccc(F)c2)cc([C@@H]2CCCN(S(=O)(=O)c3cn(C)cn3)C2)n1. The summed E-state index contributed by atoms with van der Waals surface area (Å²) in [7, 11) is -1.87. The molecule has 0 unspecified atom stereocenters. The summed E-state index contributed by atoms with van der Waals surface area (Å²) in [5, 5.41) is 0.0784. The minimum absolute atomic E-state index is 0.0170. The zero-order valence-corrected chi connectivity index (χ0v) is 17.9. The van der Waals surface area contributed by atoms with Crippen LogP contribution in [-0.4, -0.2) is 40.3 Å². The first-order chi connectivity index (χ1) is 14.3. The third kappa shape index (κ3) is 4.44. The molecule has 4 rings (SSSR count). The highest BCUT2D eigenvalue weighted by Gasteiger charge is 2.33. The average Bonchev–Trinajstić information content (AvgIpc) is 3.15. The number of piperidine rings is 1. The number of nitrogens with zero attached hydrogens (tertiary/aromatic N) is 4. The number of sulfonamides is 1. The maximum absolute atomic E-state index is 13.5. The Morgan fingerprint density at radius 3 is 2.77 bits per heavy atom. The molecule has 1 aromatic carbocycles. The molecule has 3 aromatic rings. The highest BCUT2D eigenvalue weighted by atomic mass is 32.2. The van der Waals surface area contributed by atoms with E-state index in [1.165, 1.54) is 29.0 Å². The molecule has 1 atom stereocenters. The van der Waals surface area contributed by atoms with Crippen molar-refractivity contribution in [2.24, 2.45) is 7.05 Å². The van der Waals surface area contributed by atoms with Gasteiger partial charge in [0.05, 0.1) is 6.33 Å². The highest BCUT2D eigenvalue weighted by Crippen LogP contribution is 2.30. The van der Waals surface area contributed by atoms with E-state index in [2.05, 4.69) is 4.98 Å². The Morgan fingerprint density at radius 1 is 1.20 bits per heavy atom. The van der Waals surface area contributed by atoms with E-state index < -0.39 is 10.0 Å². The van der Waals surface area contributed by atoms with E-state index in [9.17, 15) is 12.8 Å². The smallest absolute Gasteiger partial charge is 0.262 e. The summed E-state index contributed by atoms with van der Waals surface area (Å²) in [5.41, 5.74) is 3.72. The fourth-order valence-electron chi connectivity index (χ4n) is 4.02. The van der Waals surface area contributed by atoms with Crippen LogP contribution in [0.2, 0.25) is 0 Å². The summed E-state index contributed by atoms with van der Waals surface area (Å²) < 4.78 is 42.6. The Kier molecular flexibility index (Phi) is 5.71. The summed E-state index contributed by atoms with van der Waals surface area (Å²) in [4.78, 5) is 8.72. The first-order valence-electron chi connectivity index (χ1n) is 10.0. The summed E-state index contributed by atoms with van der Waals surface area (Å²) in [5.74, 6) is -0.232. The second-order valence-electron chi connectivity index (χ2n) is 7.93. The van der Waals surface area contributed by atoms with E-state index in [0.717, 1.165) is 35.4 Å². The molecule has 1 aliphatic rings. The van der Waals surface area contributed by atoms with Crippen molar-refractivity contribution in [1.29, 1.82) is 0 Å². The van der Waals surface area contributed by atoms with Gasteiger partial charge in [0.25, 0.3) is 10.0 Å². The fourth-order valence-corrected chi connectivity index (χ4v) is 5.51. The second-order valence-corrected chi connectivity index (χ2v) is 9.81. The van der Waals surface area contributed by atoms with Gasteiger partial charge in [0.2, 0.25) is 0 Å². The molecule has 158 valence electrons. The van der Waals surface area contributed by atoms with Crippen LogP contribution in [0.4, 0.5) is 4.39 Å². The topological polar surface area (TPSA) is 68.1 Å². The molecule has 0 amide bonds. The largest absolute Gasteiger partial charge is 0.339 e. The van der Waals surface area contributed by atoms with Crippen LogP contribution in [0.3, 0.4) is 0 Å². The maximum Gasteiger partial charge on any atom is 0.262 e. The molecule has 1 fully saturated rings. The molecule has 30 heavy (non-hydrogen) atoms. The maximum atomic E-state index is 13.5. The van der Waals surface area contributed by atoms with Crippen LogP contribution in [0.5, 0.6) is 0 Å². The van der Waals surface area contributed by atoms with Gasteiger partial charge in [0, 0.05) is 43.6 Å². The predicted molar refractivity (Wildman–Crippen MR) is 112 cm³/mol. The van der Waals surface area contributed by atoms with Crippen LogP contribution in [0, 0.1) is 12.7 Å². The quantitative estimate of drug-likeness (QED) is 0.625. The van der Waals surface area contributed by atoms with Crippen molar-refractivity contribution >= 4 is 10.0 Å². The number of rotatable bonds is 5. The lowest BCUT2D eigenvalue weighted by Gasteiger charge is -2.31. The lowest BCUT2D eigenvalue weighted by molar-refractivity contribution is 0.311. The molecule has 1 aliphatic heterocycles. The van der Waals surface area contributed by atoms with Gasteiger partial charge in [-0.3, -0.25) is 4.98 Å². The minimum Gasteiger partial charge on any atom is -0.339 e. The summed E-state index contributed by atoms with van der Waals surface area (Å²) in [6.07, 6.45) is 5.28. The van der Waals surface area contributed by atoms with E-state index >= 15 is 0 Å². The molecule has 1 saturated heterocycles. The summed E-state index contributed by atoms with van der Waals surface area (Å²) >= 11 is 0. The van der Waals surface area contributed by atoms with Gasteiger partial charge in [-0.25, -0.2) is 17.8 Å². The Bertz CT molecular complexity index is 1160. The van der Waals surface area contributed by atoms with Gasteiger partial charge in [-0.15, -0.1) is 0 Å². The van der Waals surface area contributed by atoms with Gasteiger partial charge in [-0.1, -0.05) is 12.1 Å². The molecule has 2 aromatic heterocycles. The summed E-state index contributed by atoms with van der Waals surface area (Å²) in [6.45, 7) is 2.80. The van der Waals surface area contributed by atoms with E-state index in [0.29, 0.717) is 19.5 Å². The van der Waals surface area contributed by atoms with E-state index in [-0.39, 0.29) is 16.8 Å². The van der Waals surface area contributed by atoms with Crippen LogP contribution in [0.1, 0.15) is 41.3 Å². The number of aromatic nitrogens is 3. The standard InChI is InChI=1S/C22H25FN4O2S/c1-16-9-18(10-17-5-3-7-20(23)11-17)12-21(25-16)19-6-4-8-27(13-19)30(28,29)22-14-26(2)15-24-22/h3,5,7,9,11-12,14-15,19H,4,6,8,10,13H2,1-2H3/t19-/m1/s1. The van der Waals surface area contributed by atoms with Crippen LogP contribution >= 0.6 is 0 Å². The van der Waals surface area contributed by atoms with Crippen molar-refractivity contribution in [1.82, 2.24) is 18.8 Å². The van der Waals surface area contributed by atoms with Gasteiger partial charge in [-0.2, -0.15) is 4.31 Å². The van der Waals surface area contributed by atoms with Crippen LogP contribution < -0.4 is 0 Å². The zero-order chi connectivity index (χ0) is 21.3. The molecule has 8 heteroatoms. The molecular weight excluding hydrogens is 403 g/mol. The Hall–Kier alpha value is -2.58. The highest BCUT2D eigenvalue weighted by molar-refractivity contribution is 7.89. The lowest BCUT2D eigenvalue weighted by Crippen LogP contribution is -2.39. The Morgan fingerprint density at radius 2 is 2.03 bits per heavy atom. The number of imidazole rings is 1. The third-order valence-corrected chi connectivity index (χ3v) is 7.17. The predicted octanol–water partition coefficient (Wildman–Crippen LogP) is 3.42.